The van der Waals surface area contributed by atoms with Crippen molar-refractivity contribution in [2.45, 2.75) is 12.3 Å². The molecule has 0 atom stereocenters. The van der Waals surface area contributed by atoms with Crippen molar-refractivity contribution in [2.24, 2.45) is 5.73 Å². The van der Waals surface area contributed by atoms with Crippen molar-refractivity contribution in [2.75, 3.05) is 26.6 Å². The first-order chi connectivity index (χ1) is 7.75. The Balaban J connectivity index is 2.07. The van der Waals surface area contributed by atoms with E-state index in [2.05, 4.69) is 6.92 Å². The predicted octanol–water partition coefficient (Wildman–Crippen LogP) is 0.950. The third kappa shape index (κ3) is 1.23. The molecule has 16 heavy (non-hydrogen) atoms. The van der Waals surface area contributed by atoms with Gasteiger partial charge in [0.1, 0.15) is 0 Å². The van der Waals surface area contributed by atoms with E-state index >= 15 is 0 Å². The van der Waals surface area contributed by atoms with Crippen LogP contribution in [0.25, 0.3) is 0 Å². The van der Waals surface area contributed by atoms with Crippen LogP contribution >= 0.6 is 0 Å². The number of hydrogen-bond donors (Lipinski definition) is 1. The van der Waals surface area contributed by atoms with Crippen LogP contribution in [0.3, 0.4) is 0 Å². The third-order valence-corrected chi connectivity index (χ3v) is 3.44. The van der Waals surface area contributed by atoms with E-state index in [1.54, 1.807) is 0 Å². The van der Waals surface area contributed by atoms with Crippen LogP contribution in [0.1, 0.15) is 11.1 Å². The van der Waals surface area contributed by atoms with Gasteiger partial charge in [-0.05, 0) is 30.2 Å². The molecule has 0 spiro atoms. The predicted molar refractivity (Wildman–Crippen MR) is 58.9 cm³/mol. The van der Waals surface area contributed by atoms with Gasteiger partial charge in [0, 0.05) is 6.54 Å². The molecule has 0 bridgehead atoms. The molecule has 86 valence electrons. The van der Waals surface area contributed by atoms with E-state index in [1.807, 2.05) is 12.1 Å². The Kier molecular flexibility index (Phi) is 2.09. The lowest BCUT2D eigenvalue weighted by atomic mass is 9.76. The maximum atomic E-state index is 5.86. The van der Waals surface area contributed by atoms with E-state index in [4.69, 9.17) is 19.9 Å². The van der Waals surface area contributed by atoms with Gasteiger partial charge in [-0.25, -0.2) is 0 Å². The van der Waals surface area contributed by atoms with Crippen LogP contribution in [0.2, 0.25) is 0 Å². The topological polar surface area (TPSA) is 53.7 Å². The summed E-state index contributed by atoms with van der Waals surface area (Å²) in [6, 6.07) is 4.07. The van der Waals surface area contributed by atoms with Gasteiger partial charge >= 0.3 is 0 Å². The average Bonchev–Trinajstić information content (AvgIpc) is 2.64. The molecule has 2 aliphatic heterocycles. The van der Waals surface area contributed by atoms with Crippen LogP contribution in [0.15, 0.2) is 12.1 Å². The fourth-order valence-corrected chi connectivity index (χ4v) is 2.35. The Bertz CT molecular complexity index is 421. The van der Waals surface area contributed by atoms with E-state index in [0.29, 0.717) is 26.6 Å². The second kappa shape index (κ2) is 3.37. The molecular weight excluding hydrogens is 206 g/mol. The molecule has 1 fully saturated rings. The molecule has 3 rings (SSSR count). The van der Waals surface area contributed by atoms with Crippen LogP contribution in [0, 0.1) is 6.92 Å². The minimum absolute atomic E-state index is 0.0228. The maximum Gasteiger partial charge on any atom is 0.231 e. The van der Waals surface area contributed by atoms with Crippen molar-refractivity contribution in [3.05, 3.63) is 23.3 Å². The van der Waals surface area contributed by atoms with Gasteiger partial charge in [-0.15, -0.1) is 0 Å². The molecule has 2 heterocycles. The zero-order valence-corrected chi connectivity index (χ0v) is 9.29. The number of ether oxygens (including phenoxy) is 3. The summed E-state index contributed by atoms with van der Waals surface area (Å²) in [6.07, 6.45) is 0. The highest BCUT2D eigenvalue weighted by molar-refractivity contribution is 5.51. The lowest BCUT2D eigenvalue weighted by molar-refractivity contribution is -0.0553. The Morgan fingerprint density at radius 3 is 2.50 bits per heavy atom. The molecule has 0 radical (unpaired) electrons. The first kappa shape index (κ1) is 9.93. The second-order valence-electron chi connectivity index (χ2n) is 4.50. The molecule has 0 saturated carbocycles. The fraction of sp³-hybridized carbons (Fsp3) is 0.500. The molecule has 2 N–H and O–H groups in total. The number of hydrogen-bond acceptors (Lipinski definition) is 4. The minimum atomic E-state index is -0.0228. The van der Waals surface area contributed by atoms with Gasteiger partial charge < -0.3 is 19.9 Å². The summed E-state index contributed by atoms with van der Waals surface area (Å²) in [7, 11) is 0. The van der Waals surface area contributed by atoms with Crippen LogP contribution in [0.5, 0.6) is 11.5 Å². The lowest BCUT2D eigenvalue weighted by Gasteiger charge is -2.41. The summed E-state index contributed by atoms with van der Waals surface area (Å²) >= 11 is 0. The smallest absolute Gasteiger partial charge is 0.231 e. The van der Waals surface area contributed by atoms with Crippen molar-refractivity contribution in [3.63, 3.8) is 0 Å². The van der Waals surface area contributed by atoms with Crippen LogP contribution in [-0.4, -0.2) is 26.6 Å². The van der Waals surface area contributed by atoms with E-state index < -0.39 is 0 Å². The Morgan fingerprint density at radius 1 is 1.25 bits per heavy atom. The highest BCUT2D eigenvalue weighted by Crippen LogP contribution is 2.41. The van der Waals surface area contributed by atoms with Gasteiger partial charge in [0.2, 0.25) is 6.79 Å². The normalized spacial score (nSPS) is 20.6. The second-order valence-corrected chi connectivity index (χ2v) is 4.50. The van der Waals surface area contributed by atoms with Crippen LogP contribution in [-0.2, 0) is 10.2 Å². The summed E-state index contributed by atoms with van der Waals surface area (Å²) in [6.45, 7) is 4.39. The fourth-order valence-electron chi connectivity index (χ4n) is 2.35. The summed E-state index contributed by atoms with van der Waals surface area (Å²) in [5.74, 6) is 1.65. The quantitative estimate of drug-likeness (QED) is 0.808. The number of rotatable bonds is 2. The van der Waals surface area contributed by atoms with Gasteiger partial charge in [-0.2, -0.15) is 0 Å². The summed E-state index contributed by atoms with van der Waals surface area (Å²) < 4.78 is 16.1. The van der Waals surface area contributed by atoms with Crippen molar-refractivity contribution >= 4 is 0 Å². The number of fused-ring (bicyclic) bond motifs is 1. The van der Waals surface area contributed by atoms with Crippen molar-refractivity contribution in [1.29, 1.82) is 0 Å². The van der Waals surface area contributed by atoms with Gasteiger partial charge in [0.15, 0.2) is 11.5 Å². The highest BCUT2D eigenvalue weighted by atomic mass is 16.7. The average molecular weight is 221 g/mol. The van der Waals surface area contributed by atoms with Crippen LogP contribution in [0.4, 0.5) is 0 Å². The lowest BCUT2D eigenvalue weighted by Crippen LogP contribution is -2.52. The summed E-state index contributed by atoms with van der Waals surface area (Å²) in [5.41, 5.74) is 8.26. The largest absolute Gasteiger partial charge is 0.454 e. The molecule has 2 aliphatic rings. The van der Waals surface area contributed by atoms with E-state index in [9.17, 15) is 0 Å². The summed E-state index contributed by atoms with van der Waals surface area (Å²) in [5, 5.41) is 0. The van der Waals surface area contributed by atoms with Crippen molar-refractivity contribution in [1.82, 2.24) is 0 Å². The SMILES string of the molecule is Cc1cc2c(cc1C1(CN)COC1)OCO2. The van der Waals surface area contributed by atoms with Crippen molar-refractivity contribution < 1.29 is 14.2 Å². The molecule has 0 amide bonds. The first-order valence-corrected chi connectivity index (χ1v) is 5.44. The number of nitrogens with two attached hydrogens (primary N) is 1. The van der Waals surface area contributed by atoms with E-state index in [0.717, 1.165) is 11.5 Å². The molecular formula is C12H15NO3. The van der Waals surface area contributed by atoms with Gasteiger partial charge in [-0.3, -0.25) is 0 Å². The van der Waals surface area contributed by atoms with Gasteiger partial charge in [-0.1, -0.05) is 0 Å². The molecule has 0 unspecified atom stereocenters. The number of aryl methyl sites for hydroxylation is 1. The molecule has 0 aromatic heterocycles. The molecule has 1 aromatic rings. The first-order valence-electron chi connectivity index (χ1n) is 5.44. The van der Waals surface area contributed by atoms with Gasteiger partial charge in [0.05, 0.1) is 18.6 Å². The summed E-state index contributed by atoms with van der Waals surface area (Å²) in [4.78, 5) is 0. The van der Waals surface area contributed by atoms with Gasteiger partial charge in [0.25, 0.3) is 0 Å². The number of benzene rings is 1. The molecule has 1 aromatic carbocycles. The van der Waals surface area contributed by atoms with E-state index in [1.165, 1.54) is 11.1 Å². The standard InChI is InChI=1S/C12H15NO3/c1-8-2-10-11(16-7-15-10)3-9(8)12(4-13)5-14-6-12/h2-3H,4-7,13H2,1H3. The Labute approximate surface area is 94.3 Å². The maximum absolute atomic E-state index is 5.86. The van der Waals surface area contributed by atoms with E-state index in [-0.39, 0.29) is 5.41 Å². The zero-order chi connectivity index (χ0) is 11.2. The van der Waals surface area contributed by atoms with Crippen LogP contribution < -0.4 is 15.2 Å². The molecule has 4 nitrogen and oxygen atoms in total. The molecule has 4 heteroatoms. The highest BCUT2D eigenvalue weighted by Gasteiger charge is 2.41. The molecule has 1 saturated heterocycles. The molecule has 0 aliphatic carbocycles. The Morgan fingerprint density at radius 2 is 1.94 bits per heavy atom. The zero-order valence-electron chi connectivity index (χ0n) is 9.29. The monoisotopic (exact) mass is 221 g/mol. The van der Waals surface area contributed by atoms with Crippen molar-refractivity contribution in [3.8, 4) is 11.5 Å². The third-order valence-electron chi connectivity index (χ3n) is 3.44. The Hall–Kier alpha value is -1.26. The minimum Gasteiger partial charge on any atom is -0.454 e.